The summed E-state index contributed by atoms with van der Waals surface area (Å²) in [5.41, 5.74) is 0.992. The largest absolute Gasteiger partial charge is 0.358 e. The molecule has 1 amide bonds. The van der Waals surface area contributed by atoms with Gasteiger partial charge in [0.05, 0.1) is 11.1 Å². The molecule has 0 bridgehead atoms. The first-order valence-electron chi connectivity index (χ1n) is 6.33. The molecule has 2 aromatic rings. The smallest absolute Gasteiger partial charge is 0.263 e. The van der Waals surface area contributed by atoms with Gasteiger partial charge in [0, 0.05) is 18.5 Å². The Morgan fingerprint density at radius 1 is 1.45 bits per heavy atom. The van der Waals surface area contributed by atoms with Gasteiger partial charge < -0.3 is 5.32 Å². The van der Waals surface area contributed by atoms with Gasteiger partial charge in [-0.3, -0.25) is 14.2 Å². The fraction of sp³-hybridized carbons (Fsp3) is 0.462. The van der Waals surface area contributed by atoms with Crippen molar-refractivity contribution >= 4 is 39.2 Å². The van der Waals surface area contributed by atoms with E-state index in [1.54, 1.807) is 11.6 Å². The highest BCUT2D eigenvalue weighted by Crippen LogP contribution is 2.28. The van der Waals surface area contributed by atoms with Crippen molar-refractivity contribution in [2.45, 2.75) is 32.5 Å². The molecule has 0 aromatic carbocycles. The van der Waals surface area contributed by atoms with Gasteiger partial charge in [-0.05, 0) is 26.3 Å². The highest BCUT2D eigenvalue weighted by atomic mass is 32.2. The van der Waals surface area contributed by atoms with Gasteiger partial charge in [-0.2, -0.15) is 0 Å². The second-order valence-corrected chi connectivity index (χ2v) is 6.51. The minimum atomic E-state index is -0.0782. The lowest BCUT2D eigenvalue weighted by molar-refractivity contribution is -0.118. The second-order valence-electron chi connectivity index (χ2n) is 4.37. The number of carbonyl (C=O) groups excluding carboxylic acids is 1. The number of carbonyl (C=O) groups is 1. The fourth-order valence-electron chi connectivity index (χ4n) is 1.90. The van der Waals surface area contributed by atoms with Crippen LogP contribution < -0.4 is 10.9 Å². The molecule has 0 spiro atoms. The Morgan fingerprint density at radius 3 is 2.75 bits per heavy atom. The van der Waals surface area contributed by atoms with Crippen LogP contribution in [0.15, 0.2) is 9.95 Å². The Bertz CT molecular complexity index is 718. The standard InChI is InChI=1S/C13H17N3O2S2/c1-5-16-12(18)10-7(2)8(3)20-11(10)15-13(16)19-6-9(17)14-4/h5-6H2,1-4H3,(H,14,17). The van der Waals surface area contributed by atoms with Crippen molar-refractivity contribution in [1.29, 1.82) is 0 Å². The van der Waals surface area contributed by atoms with E-state index in [1.807, 2.05) is 20.8 Å². The number of rotatable bonds is 4. The molecule has 20 heavy (non-hydrogen) atoms. The number of nitrogens with one attached hydrogen (secondary N) is 1. The minimum absolute atomic E-state index is 0.0150. The molecule has 0 fully saturated rings. The molecule has 0 aliphatic heterocycles. The van der Waals surface area contributed by atoms with E-state index in [4.69, 9.17) is 0 Å². The zero-order chi connectivity index (χ0) is 14.9. The molecule has 108 valence electrons. The number of thiophene rings is 1. The first kappa shape index (κ1) is 15.1. The number of thioether (sulfide) groups is 1. The van der Waals surface area contributed by atoms with Gasteiger partial charge in [0.25, 0.3) is 5.56 Å². The Morgan fingerprint density at radius 2 is 2.15 bits per heavy atom. The third-order valence-electron chi connectivity index (χ3n) is 3.18. The van der Waals surface area contributed by atoms with E-state index in [1.165, 1.54) is 23.1 Å². The van der Waals surface area contributed by atoms with E-state index in [9.17, 15) is 9.59 Å². The highest BCUT2D eigenvalue weighted by molar-refractivity contribution is 7.99. The molecule has 0 aliphatic rings. The Labute approximate surface area is 125 Å². The summed E-state index contributed by atoms with van der Waals surface area (Å²) < 4.78 is 1.63. The first-order valence-corrected chi connectivity index (χ1v) is 8.13. The van der Waals surface area contributed by atoms with E-state index < -0.39 is 0 Å². The molecule has 2 rings (SSSR count). The molecule has 0 saturated heterocycles. The molecular weight excluding hydrogens is 294 g/mol. The van der Waals surface area contributed by atoms with Crippen LogP contribution in [-0.4, -0.2) is 28.3 Å². The van der Waals surface area contributed by atoms with Gasteiger partial charge in [0.15, 0.2) is 5.16 Å². The minimum Gasteiger partial charge on any atom is -0.358 e. The molecule has 0 unspecified atom stereocenters. The van der Waals surface area contributed by atoms with E-state index in [0.29, 0.717) is 17.1 Å². The number of aromatic nitrogens is 2. The molecule has 0 radical (unpaired) electrons. The Balaban J connectivity index is 2.55. The van der Waals surface area contributed by atoms with Crippen LogP contribution >= 0.6 is 23.1 Å². The zero-order valence-corrected chi connectivity index (χ0v) is 13.6. The SMILES string of the molecule is CCn1c(SCC(=O)NC)nc2sc(C)c(C)c2c1=O. The normalized spacial score (nSPS) is 11.0. The van der Waals surface area contributed by atoms with Gasteiger partial charge in [-0.15, -0.1) is 11.3 Å². The second kappa shape index (κ2) is 5.97. The Kier molecular flexibility index (Phi) is 4.49. The molecule has 2 heterocycles. The molecule has 2 aromatic heterocycles. The first-order chi connectivity index (χ1) is 9.49. The Hall–Kier alpha value is -1.34. The molecule has 1 N–H and O–H groups in total. The van der Waals surface area contributed by atoms with E-state index in [2.05, 4.69) is 10.3 Å². The summed E-state index contributed by atoms with van der Waals surface area (Å²) in [5.74, 6) is 0.183. The highest BCUT2D eigenvalue weighted by Gasteiger charge is 2.16. The van der Waals surface area contributed by atoms with Gasteiger partial charge >= 0.3 is 0 Å². The lowest BCUT2D eigenvalue weighted by Gasteiger charge is -2.09. The zero-order valence-electron chi connectivity index (χ0n) is 11.9. The summed E-state index contributed by atoms with van der Waals surface area (Å²) in [5, 5.41) is 3.88. The van der Waals surface area contributed by atoms with E-state index >= 15 is 0 Å². The summed E-state index contributed by atoms with van der Waals surface area (Å²) in [4.78, 5) is 30.3. The van der Waals surface area contributed by atoms with Crippen LogP contribution in [0.4, 0.5) is 0 Å². The van der Waals surface area contributed by atoms with Crippen molar-refractivity contribution in [3.05, 3.63) is 20.8 Å². The van der Waals surface area contributed by atoms with Crippen molar-refractivity contribution in [1.82, 2.24) is 14.9 Å². The number of hydrogen-bond acceptors (Lipinski definition) is 5. The lowest BCUT2D eigenvalue weighted by Crippen LogP contribution is -2.24. The summed E-state index contributed by atoms with van der Waals surface area (Å²) in [6.45, 7) is 6.41. The van der Waals surface area contributed by atoms with E-state index in [-0.39, 0.29) is 17.2 Å². The number of hydrogen-bond donors (Lipinski definition) is 1. The van der Waals surface area contributed by atoms with Crippen LogP contribution in [0.25, 0.3) is 10.2 Å². The van der Waals surface area contributed by atoms with Crippen molar-refractivity contribution in [3.8, 4) is 0 Å². The van der Waals surface area contributed by atoms with Crippen LogP contribution in [-0.2, 0) is 11.3 Å². The van der Waals surface area contributed by atoms with Crippen molar-refractivity contribution in [2.24, 2.45) is 0 Å². The van der Waals surface area contributed by atoms with Crippen molar-refractivity contribution in [2.75, 3.05) is 12.8 Å². The number of amides is 1. The van der Waals surface area contributed by atoms with Crippen LogP contribution in [0.5, 0.6) is 0 Å². The maximum absolute atomic E-state index is 12.5. The summed E-state index contributed by atoms with van der Waals surface area (Å²) in [6.07, 6.45) is 0. The average Bonchev–Trinajstić information content (AvgIpc) is 2.71. The van der Waals surface area contributed by atoms with Crippen LogP contribution in [0.2, 0.25) is 0 Å². The predicted molar refractivity (Wildman–Crippen MR) is 83.8 cm³/mol. The number of aryl methyl sites for hydroxylation is 2. The van der Waals surface area contributed by atoms with Gasteiger partial charge in [0.1, 0.15) is 4.83 Å². The molecule has 0 aliphatic carbocycles. The molecular formula is C13H17N3O2S2. The van der Waals surface area contributed by atoms with Crippen molar-refractivity contribution < 1.29 is 4.79 Å². The van der Waals surface area contributed by atoms with E-state index in [0.717, 1.165) is 15.3 Å². The quantitative estimate of drug-likeness (QED) is 0.692. The average molecular weight is 311 g/mol. The molecule has 5 nitrogen and oxygen atoms in total. The van der Waals surface area contributed by atoms with Crippen LogP contribution in [0, 0.1) is 13.8 Å². The topological polar surface area (TPSA) is 64.0 Å². The molecule has 0 saturated carbocycles. The lowest BCUT2D eigenvalue weighted by atomic mass is 10.2. The third-order valence-corrected chi connectivity index (χ3v) is 5.26. The molecule has 0 atom stereocenters. The maximum Gasteiger partial charge on any atom is 0.263 e. The summed E-state index contributed by atoms with van der Waals surface area (Å²) in [7, 11) is 1.60. The third kappa shape index (κ3) is 2.60. The monoisotopic (exact) mass is 311 g/mol. The van der Waals surface area contributed by atoms with Crippen molar-refractivity contribution in [3.63, 3.8) is 0 Å². The summed E-state index contributed by atoms with van der Waals surface area (Å²) >= 11 is 2.82. The van der Waals surface area contributed by atoms with Crippen LogP contribution in [0.3, 0.4) is 0 Å². The number of fused-ring (bicyclic) bond motifs is 1. The molecule has 7 heteroatoms. The predicted octanol–water partition coefficient (Wildman–Crippen LogP) is 1.93. The van der Waals surface area contributed by atoms with Crippen LogP contribution in [0.1, 0.15) is 17.4 Å². The van der Waals surface area contributed by atoms with Gasteiger partial charge in [-0.1, -0.05) is 11.8 Å². The van der Waals surface area contributed by atoms with Gasteiger partial charge in [-0.25, -0.2) is 4.98 Å². The number of nitrogens with zero attached hydrogens (tertiary/aromatic N) is 2. The summed E-state index contributed by atoms with van der Waals surface area (Å²) in [6, 6.07) is 0. The maximum atomic E-state index is 12.5. The van der Waals surface area contributed by atoms with Gasteiger partial charge in [0.2, 0.25) is 5.91 Å². The fourth-order valence-corrected chi connectivity index (χ4v) is 3.91.